The van der Waals surface area contributed by atoms with Crippen LogP contribution < -0.4 is 0 Å². The second-order valence-electron chi connectivity index (χ2n) is 7.54. The van der Waals surface area contributed by atoms with Crippen LogP contribution in [0.5, 0.6) is 0 Å². The van der Waals surface area contributed by atoms with E-state index in [0.29, 0.717) is 10.8 Å². The van der Waals surface area contributed by atoms with Gasteiger partial charge in [-0.15, -0.1) is 0 Å². The van der Waals surface area contributed by atoms with Crippen molar-refractivity contribution in [3.8, 4) is 0 Å². The second kappa shape index (κ2) is 12.4. The summed E-state index contributed by atoms with van der Waals surface area (Å²) in [5.74, 6) is 0. The minimum atomic E-state index is -5.20. The van der Waals surface area contributed by atoms with Gasteiger partial charge in [0.2, 0.25) is 0 Å². The Balaban J connectivity index is 2.75. The van der Waals surface area contributed by atoms with Crippen LogP contribution in [-0.2, 0) is 36.4 Å². The highest BCUT2D eigenvalue weighted by Crippen LogP contribution is 2.78. The number of benzene rings is 2. The van der Waals surface area contributed by atoms with Gasteiger partial charge in [0.05, 0.1) is 26.4 Å². The fourth-order valence-corrected chi connectivity index (χ4v) is 11.9. The Morgan fingerprint density at radius 3 is 1.17 bits per heavy atom. The van der Waals surface area contributed by atoms with Crippen LogP contribution in [0.3, 0.4) is 0 Å². The van der Waals surface area contributed by atoms with Crippen molar-refractivity contribution in [2.75, 3.05) is 26.4 Å². The van der Waals surface area contributed by atoms with Crippen LogP contribution in [-0.4, -0.2) is 46.0 Å². The van der Waals surface area contributed by atoms with E-state index in [1.165, 1.54) is 36.4 Å². The predicted octanol–water partition coefficient (Wildman–Crippen LogP) is 5.72. The van der Waals surface area contributed by atoms with Gasteiger partial charge in [0.1, 0.15) is 0 Å². The van der Waals surface area contributed by atoms with Gasteiger partial charge in [-0.3, -0.25) is 18.3 Å². The third-order valence-electron chi connectivity index (χ3n) is 4.96. The lowest BCUT2D eigenvalue weighted by Crippen LogP contribution is -2.12. The largest absolute Gasteiger partial charge is 0.350 e. The van der Waals surface area contributed by atoms with Gasteiger partial charge in [-0.25, -0.2) is 0 Å². The zero-order valence-corrected chi connectivity index (χ0v) is 23.9. The van der Waals surface area contributed by atoms with E-state index in [9.17, 15) is 37.8 Å². The highest BCUT2D eigenvalue weighted by Gasteiger charge is 2.52. The molecule has 0 saturated carbocycles. The lowest BCUT2D eigenvalue weighted by atomic mass is 10.1. The van der Waals surface area contributed by atoms with Gasteiger partial charge < -0.3 is 37.7 Å². The molecule has 0 unspecified atom stereocenters. The fraction of sp³-hybridized carbons (Fsp3) is 0.500. The van der Waals surface area contributed by atoms with Crippen LogP contribution in [0.1, 0.15) is 49.6 Å². The van der Waals surface area contributed by atoms with Crippen molar-refractivity contribution in [2.45, 2.75) is 38.5 Å². The fourth-order valence-electron chi connectivity index (χ4n) is 3.80. The molecule has 0 bridgehead atoms. The normalized spacial score (nSPS) is 13.7. The molecule has 0 aliphatic carbocycles. The lowest BCUT2D eigenvalue weighted by Gasteiger charge is -2.31. The van der Waals surface area contributed by atoms with Gasteiger partial charge in [-0.05, 0) is 61.7 Å². The van der Waals surface area contributed by atoms with Gasteiger partial charge in [0.25, 0.3) is 0 Å². The minimum Gasteiger partial charge on any atom is -0.324 e. The summed E-state index contributed by atoms with van der Waals surface area (Å²) in [6.07, 6.45) is 0. The smallest absolute Gasteiger partial charge is 0.324 e. The molecule has 0 saturated heterocycles. The molecule has 0 spiro atoms. The van der Waals surface area contributed by atoms with E-state index in [1.807, 2.05) is 0 Å². The highest BCUT2D eigenvalue weighted by molar-refractivity contribution is 7.72. The van der Waals surface area contributed by atoms with E-state index in [4.69, 9.17) is 18.1 Å². The summed E-state index contributed by atoms with van der Waals surface area (Å²) in [7, 11) is -18.6. The second-order valence-corrected chi connectivity index (χ2v) is 16.0. The quantitative estimate of drug-likeness (QED) is 0.197. The Bertz CT molecular complexity index is 1160. The summed E-state index contributed by atoms with van der Waals surface area (Å²) in [6, 6.07) is 8.26. The first kappa shape index (κ1) is 31.5. The van der Waals surface area contributed by atoms with Crippen LogP contribution in [0.4, 0.5) is 0 Å². The molecule has 4 N–H and O–H groups in total. The van der Waals surface area contributed by atoms with E-state index < -0.39 is 41.2 Å². The molecule has 0 fully saturated rings. The Labute approximate surface area is 209 Å². The zero-order chi connectivity index (χ0) is 27.4. The van der Waals surface area contributed by atoms with E-state index >= 15 is 0 Å². The molecule has 204 valence electrons. The molecule has 0 atom stereocenters. The number of hydrogen-bond acceptors (Lipinski definition) is 8. The first-order valence-corrected chi connectivity index (χ1v) is 17.7. The molecule has 36 heavy (non-hydrogen) atoms. The number of rotatable bonds is 14. The average Bonchev–Trinajstić information content (AvgIpc) is 2.72. The maximum atomic E-state index is 13.9. The Morgan fingerprint density at radius 2 is 0.889 bits per heavy atom. The van der Waals surface area contributed by atoms with Crippen LogP contribution in [0.2, 0.25) is 0 Å². The highest BCUT2D eigenvalue weighted by atomic mass is 31.2. The SMILES string of the molecule is CCOP(=O)(OCC)C(c1ccc2cc(C(P(=O)(O)O)P(=O)(O)O)ccc2c1)P(=O)(OCC)OCC. The third kappa shape index (κ3) is 7.23. The minimum absolute atomic E-state index is 0.00485. The average molecular weight is 588 g/mol. The van der Waals surface area contributed by atoms with Gasteiger partial charge >= 0.3 is 30.4 Å². The summed E-state index contributed by atoms with van der Waals surface area (Å²) in [5.41, 5.74) is -0.00989. The van der Waals surface area contributed by atoms with Gasteiger partial charge in [-0.2, -0.15) is 0 Å². The summed E-state index contributed by atoms with van der Waals surface area (Å²) in [5, 5.41) is -2.95. The van der Waals surface area contributed by atoms with Crippen molar-refractivity contribution in [1.29, 1.82) is 0 Å². The van der Waals surface area contributed by atoms with Crippen molar-refractivity contribution in [2.24, 2.45) is 0 Å². The Hall–Kier alpha value is -0.700. The van der Waals surface area contributed by atoms with E-state index in [-0.39, 0.29) is 37.6 Å². The molecular weight excluding hydrogens is 556 g/mol. The summed E-state index contributed by atoms with van der Waals surface area (Å²) < 4.78 is 73.3. The molecule has 0 heterocycles. The van der Waals surface area contributed by atoms with E-state index in [1.54, 1.807) is 27.7 Å². The van der Waals surface area contributed by atoms with Crippen LogP contribution in [0.15, 0.2) is 36.4 Å². The van der Waals surface area contributed by atoms with Crippen molar-refractivity contribution < 1.29 is 55.9 Å². The van der Waals surface area contributed by atoms with E-state index in [2.05, 4.69) is 0 Å². The van der Waals surface area contributed by atoms with Gasteiger partial charge in [-0.1, -0.05) is 24.3 Å². The molecule has 0 aliphatic rings. The molecule has 12 nitrogen and oxygen atoms in total. The maximum Gasteiger partial charge on any atom is 0.350 e. The Morgan fingerprint density at radius 1 is 0.583 bits per heavy atom. The van der Waals surface area contributed by atoms with Crippen molar-refractivity contribution >= 4 is 41.2 Å². The van der Waals surface area contributed by atoms with Crippen molar-refractivity contribution in [3.05, 3.63) is 47.5 Å². The van der Waals surface area contributed by atoms with Gasteiger partial charge in [0.15, 0.2) is 10.8 Å². The number of fused-ring (bicyclic) bond motifs is 1. The standard InChI is InChI=1S/C20H32O12P4/c1-5-29-35(27,30-6-2)20(36(28,31-7-3)32-8-4)18-12-10-15-13-17(11-9-16(15)14-18)19(33(21,22)23)34(24,25)26/h9-14,19-20H,5-8H2,1-4H3,(H2,21,22,23)(H2,24,25,26). The van der Waals surface area contributed by atoms with Crippen LogP contribution in [0, 0.1) is 0 Å². The maximum absolute atomic E-state index is 13.9. The molecule has 0 aromatic heterocycles. The molecule has 0 amide bonds. The van der Waals surface area contributed by atoms with Crippen LogP contribution >= 0.6 is 30.4 Å². The topological polar surface area (TPSA) is 186 Å². The molecule has 2 aromatic rings. The Kier molecular flexibility index (Phi) is 10.9. The van der Waals surface area contributed by atoms with Crippen LogP contribution in [0.25, 0.3) is 10.8 Å². The monoisotopic (exact) mass is 588 g/mol. The first-order valence-electron chi connectivity index (χ1n) is 11.1. The van der Waals surface area contributed by atoms with E-state index in [0.717, 1.165) is 0 Å². The molecule has 0 radical (unpaired) electrons. The zero-order valence-electron chi connectivity index (χ0n) is 20.3. The van der Waals surface area contributed by atoms with Gasteiger partial charge in [0, 0.05) is 0 Å². The first-order chi connectivity index (χ1) is 16.7. The summed E-state index contributed by atoms with van der Waals surface area (Å²) in [6.45, 7) is 6.41. The summed E-state index contributed by atoms with van der Waals surface area (Å²) in [4.78, 5) is 38.2. The molecule has 16 heteroatoms. The van der Waals surface area contributed by atoms with Crippen molar-refractivity contribution in [1.82, 2.24) is 0 Å². The molecule has 0 aliphatic heterocycles. The predicted molar refractivity (Wildman–Crippen MR) is 135 cm³/mol. The number of hydrogen-bond donors (Lipinski definition) is 4. The summed E-state index contributed by atoms with van der Waals surface area (Å²) >= 11 is 0. The molecule has 2 aromatic carbocycles. The lowest BCUT2D eigenvalue weighted by molar-refractivity contribution is 0.195. The van der Waals surface area contributed by atoms with Crippen molar-refractivity contribution in [3.63, 3.8) is 0 Å². The third-order valence-corrected chi connectivity index (χ3v) is 14.6. The molecular formula is C20H32O12P4. The molecule has 2 rings (SSSR count).